The lowest BCUT2D eigenvalue weighted by Crippen LogP contribution is -2.13. The van der Waals surface area contributed by atoms with E-state index in [1.165, 1.54) is 6.20 Å². The molecule has 1 fully saturated rings. The molecule has 1 aromatic heterocycles. The highest BCUT2D eigenvalue weighted by molar-refractivity contribution is 7.92. The molecule has 7 heteroatoms. The zero-order valence-corrected chi connectivity index (χ0v) is 10.3. The van der Waals surface area contributed by atoms with Gasteiger partial charge in [0, 0.05) is 18.3 Å². The van der Waals surface area contributed by atoms with Gasteiger partial charge in [0.2, 0.25) is 10.0 Å². The van der Waals surface area contributed by atoms with Crippen LogP contribution < -0.4 is 15.2 Å². The average molecular weight is 257 g/mol. The van der Waals surface area contributed by atoms with Gasteiger partial charge in [0.05, 0.1) is 18.6 Å². The van der Waals surface area contributed by atoms with Crippen LogP contribution in [0.2, 0.25) is 0 Å². The summed E-state index contributed by atoms with van der Waals surface area (Å²) in [4.78, 5) is 3.94. The van der Waals surface area contributed by atoms with Crippen molar-refractivity contribution in [1.82, 2.24) is 4.98 Å². The quantitative estimate of drug-likeness (QED) is 0.798. The molecule has 3 N–H and O–H groups in total. The molecule has 1 aliphatic carbocycles. The fourth-order valence-corrected chi connectivity index (χ4v) is 1.95. The highest BCUT2D eigenvalue weighted by Crippen LogP contribution is 2.34. The monoisotopic (exact) mass is 257 g/mol. The number of hydrogen-bond donors (Lipinski definition) is 2. The first-order chi connectivity index (χ1) is 7.99. The van der Waals surface area contributed by atoms with Gasteiger partial charge in [-0.3, -0.25) is 9.71 Å². The Morgan fingerprint density at radius 1 is 1.53 bits per heavy atom. The van der Waals surface area contributed by atoms with Crippen LogP contribution in [-0.4, -0.2) is 25.8 Å². The largest absolute Gasteiger partial charge is 0.488 e. The first-order valence-electron chi connectivity index (χ1n) is 5.31. The second-order valence-corrected chi connectivity index (χ2v) is 5.82. The van der Waals surface area contributed by atoms with E-state index in [2.05, 4.69) is 9.71 Å². The SMILES string of the molecule is CS(=O)(=O)Nc1cncc(CN)c1OC1CC1. The van der Waals surface area contributed by atoms with Crippen molar-refractivity contribution in [2.75, 3.05) is 11.0 Å². The third kappa shape index (κ3) is 3.31. The van der Waals surface area contributed by atoms with Crippen molar-refractivity contribution < 1.29 is 13.2 Å². The molecule has 6 nitrogen and oxygen atoms in total. The Balaban J connectivity index is 2.34. The van der Waals surface area contributed by atoms with Crippen molar-refractivity contribution in [3.63, 3.8) is 0 Å². The van der Waals surface area contributed by atoms with E-state index in [0.717, 1.165) is 19.1 Å². The predicted octanol–water partition coefficient (Wildman–Crippen LogP) is 0.453. The Morgan fingerprint density at radius 3 is 2.76 bits per heavy atom. The van der Waals surface area contributed by atoms with Gasteiger partial charge < -0.3 is 10.5 Å². The maximum absolute atomic E-state index is 11.2. The van der Waals surface area contributed by atoms with Gasteiger partial charge in [-0.05, 0) is 12.8 Å². The van der Waals surface area contributed by atoms with Crippen LogP contribution in [0.4, 0.5) is 5.69 Å². The maximum atomic E-state index is 11.2. The van der Waals surface area contributed by atoms with E-state index in [1.807, 2.05) is 0 Å². The van der Waals surface area contributed by atoms with Crippen LogP contribution in [0.3, 0.4) is 0 Å². The van der Waals surface area contributed by atoms with Crippen LogP contribution in [-0.2, 0) is 16.6 Å². The molecule has 1 aliphatic rings. The Bertz CT molecular complexity index is 512. The lowest BCUT2D eigenvalue weighted by atomic mass is 10.2. The van der Waals surface area contributed by atoms with E-state index in [9.17, 15) is 8.42 Å². The van der Waals surface area contributed by atoms with E-state index in [4.69, 9.17) is 10.5 Å². The fourth-order valence-electron chi connectivity index (χ4n) is 1.40. The van der Waals surface area contributed by atoms with Gasteiger partial charge in [-0.15, -0.1) is 0 Å². The van der Waals surface area contributed by atoms with E-state index < -0.39 is 10.0 Å². The number of ether oxygens (including phenoxy) is 1. The molecular formula is C10H15N3O3S. The third-order valence-electron chi connectivity index (χ3n) is 2.29. The van der Waals surface area contributed by atoms with E-state index in [1.54, 1.807) is 6.20 Å². The molecule has 0 atom stereocenters. The van der Waals surface area contributed by atoms with Gasteiger partial charge in [0.15, 0.2) is 5.75 Å². The highest BCUT2D eigenvalue weighted by atomic mass is 32.2. The number of pyridine rings is 1. The maximum Gasteiger partial charge on any atom is 0.229 e. The van der Waals surface area contributed by atoms with E-state index in [-0.39, 0.29) is 12.6 Å². The lowest BCUT2D eigenvalue weighted by molar-refractivity contribution is 0.301. The van der Waals surface area contributed by atoms with E-state index in [0.29, 0.717) is 17.0 Å². The minimum atomic E-state index is -3.35. The van der Waals surface area contributed by atoms with Gasteiger partial charge in [-0.25, -0.2) is 8.42 Å². The fraction of sp³-hybridized carbons (Fsp3) is 0.500. The van der Waals surface area contributed by atoms with Crippen LogP contribution in [0, 0.1) is 0 Å². The zero-order chi connectivity index (χ0) is 12.5. The summed E-state index contributed by atoms with van der Waals surface area (Å²) in [6.45, 7) is 0.258. The summed E-state index contributed by atoms with van der Waals surface area (Å²) >= 11 is 0. The van der Waals surface area contributed by atoms with Gasteiger partial charge in [0.1, 0.15) is 5.69 Å². The summed E-state index contributed by atoms with van der Waals surface area (Å²) in [6, 6.07) is 0. The van der Waals surface area contributed by atoms with Gasteiger partial charge >= 0.3 is 0 Å². The van der Waals surface area contributed by atoms with Crippen molar-refractivity contribution in [2.45, 2.75) is 25.5 Å². The summed E-state index contributed by atoms with van der Waals surface area (Å²) < 4.78 is 30.5. The molecule has 0 unspecified atom stereocenters. The van der Waals surface area contributed by atoms with Gasteiger partial charge in [0.25, 0.3) is 0 Å². The van der Waals surface area contributed by atoms with Crippen molar-refractivity contribution >= 4 is 15.7 Å². The average Bonchev–Trinajstić information content (AvgIpc) is 3.02. The van der Waals surface area contributed by atoms with Crippen LogP contribution in [0.5, 0.6) is 5.75 Å². The normalized spacial score (nSPS) is 15.6. The molecule has 0 saturated heterocycles. The molecule has 94 valence electrons. The van der Waals surface area contributed by atoms with Crippen molar-refractivity contribution in [3.05, 3.63) is 18.0 Å². The summed E-state index contributed by atoms with van der Waals surface area (Å²) in [5.74, 6) is 0.496. The number of nitrogens with two attached hydrogens (primary N) is 1. The summed E-state index contributed by atoms with van der Waals surface area (Å²) in [5, 5.41) is 0. The molecule has 0 aromatic carbocycles. The molecule has 1 saturated carbocycles. The number of nitrogens with one attached hydrogen (secondary N) is 1. The second-order valence-electron chi connectivity index (χ2n) is 4.07. The lowest BCUT2D eigenvalue weighted by Gasteiger charge is -2.14. The Hall–Kier alpha value is -1.34. The Kier molecular flexibility index (Phi) is 3.21. The molecule has 2 rings (SSSR count). The van der Waals surface area contributed by atoms with Crippen LogP contribution in [0.25, 0.3) is 0 Å². The van der Waals surface area contributed by atoms with Gasteiger partial charge in [-0.2, -0.15) is 0 Å². The zero-order valence-electron chi connectivity index (χ0n) is 9.51. The minimum absolute atomic E-state index is 0.169. The number of anilines is 1. The molecule has 0 aliphatic heterocycles. The first-order valence-corrected chi connectivity index (χ1v) is 7.20. The topological polar surface area (TPSA) is 94.3 Å². The summed E-state index contributed by atoms with van der Waals surface area (Å²) in [5.41, 5.74) is 6.63. The molecule has 0 radical (unpaired) electrons. The smallest absolute Gasteiger partial charge is 0.229 e. The molecule has 1 heterocycles. The number of hydrogen-bond acceptors (Lipinski definition) is 5. The molecular weight excluding hydrogens is 242 g/mol. The molecule has 0 spiro atoms. The Labute approximate surface area is 100 Å². The molecule has 17 heavy (non-hydrogen) atoms. The third-order valence-corrected chi connectivity index (χ3v) is 2.89. The van der Waals surface area contributed by atoms with Crippen LogP contribution >= 0.6 is 0 Å². The number of sulfonamides is 1. The highest BCUT2D eigenvalue weighted by Gasteiger charge is 2.26. The number of rotatable bonds is 5. The van der Waals surface area contributed by atoms with Crippen LogP contribution in [0.1, 0.15) is 18.4 Å². The Morgan fingerprint density at radius 2 is 2.24 bits per heavy atom. The molecule has 1 aromatic rings. The van der Waals surface area contributed by atoms with E-state index >= 15 is 0 Å². The second kappa shape index (κ2) is 4.50. The van der Waals surface area contributed by atoms with Crippen molar-refractivity contribution in [3.8, 4) is 5.75 Å². The standard InChI is InChI=1S/C10H15N3O3S/c1-17(14,15)13-9-6-12-5-7(4-11)10(9)16-8-2-3-8/h5-6,8,13H,2-4,11H2,1H3. The number of nitrogens with zero attached hydrogens (tertiary/aromatic N) is 1. The first kappa shape index (κ1) is 12.1. The van der Waals surface area contributed by atoms with Crippen LogP contribution in [0.15, 0.2) is 12.4 Å². The molecule has 0 bridgehead atoms. The predicted molar refractivity (Wildman–Crippen MR) is 64.2 cm³/mol. The van der Waals surface area contributed by atoms with Gasteiger partial charge in [-0.1, -0.05) is 0 Å². The van der Waals surface area contributed by atoms with Crippen molar-refractivity contribution in [2.24, 2.45) is 5.73 Å². The summed E-state index contributed by atoms with van der Waals surface area (Å²) in [7, 11) is -3.35. The van der Waals surface area contributed by atoms with Crippen molar-refractivity contribution in [1.29, 1.82) is 0 Å². The summed E-state index contributed by atoms with van der Waals surface area (Å²) in [6.07, 6.45) is 6.25. The molecule has 0 amide bonds. The minimum Gasteiger partial charge on any atom is -0.488 e. The number of aromatic nitrogens is 1.